The predicted molar refractivity (Wildman–Crippen MR) is 74.5 cm³/mol. The average molecular weight is 295 g/mol. The second kappa shape index (κ2) is 5.35. The maximum Gasteiger partial charge on any atom is 0.416 e. The number of benzene rings is 2. The Kier molecular flexibility index (Phi) is 3.75. The van der Waals surface area contributed by atoms with Crippen molar-refractivity contribution in [2.75, 3.05) is 11.1 Å². The average Bonchev–Trinajstić information content (AvgIpc) is 2.39. The zero-order valence-electron chi connectivity index (χ0n) is 10.7. The Morgan fingerprint density at radius 2 is 1.67 bits per heavy atom. The van der Waals surface area contributed by atoms with Crippen molar-refractivity contribution >= 4 is 17.4 Å². The largest absolute Gasteiger partial charge is 0.416 e. The van der Waals surface area contributed by atoms with Crippen molar-refractivity contribution in [1.29, 1.82) is 0 Å². The molecule has 2 aromatic carbocycles. The first-order valence-corrected chi connectivity index (χ1v) is 5.91. The summed E-state index contributed by atoms with van der Waals surface area (Å²) in [5, 5.41) is 2.38. The molecule has 0 aliphatic heterocycles. The Labute approximate surface area is 118 Å². The van der Waals surface area contributed by atoms with Gasteiger partial charge >= 0.3 is 12.2 Å². The molecule has 0 radical (unpaired) electrons. The summed E-state index contributed by atoms with van der Waals surface area (Å²) in [5.41, 5.74) is 11.9. The number of rotatable bonds is 2. The molecular formula is C14H12F3N3O. The summed E-state index contributed by atoms with van der Waals surface area (Å²) in [5.74, 6) is 0. The number of carbonyl (C=O) groups is 1. The van der Waals surface area contributed by atoms with Crippen LogP contribution in [0.2, 0.25) is 0 Å². The van der Waals surface area contributed by atoms with Crippen molar-refractivity contribution in [1.82, 2.24) is 0 Å². The molecule has 0 saturated carbocycles. The van der Waals surface area contributed by atoms with Crippen molar-refractivity contribution in [3.05, 3.63) is 48.0 Å². The minimum Gasteiger partial charge on any atom is -0.398 e. The summed E-state index contributed by atoms with van der Waals surface area (Å²) in [6.45, 7) is 0. The second-order valence-corrected chi connectivity index (χ2v) is 4.37. The number of amides is 2. The lowest BCUT2D eigenvalue weighted by Crippen LogP contribution is -2.19. The summed E-state index contributed by atoms with van der Waals surface area (Å²) in [4.78, 5) is 10.8. The molecule has 0 aliphatic rings. The quantitative estimate of drug-likeness (QED) is 0.742. The molecule has 21 heavy (non-hydrogen) atoms. The number of anilines is 2. The van der Waals surface area contributed by atoms with Gasteiger partial charge in [-0.2, -0.15) is 13.2 Å². The van der Waals surface area contributed by atoms with Gasteiger partial charge in [-0.25, -0.2) is 4.79 Å². The van der Waals surface area contributed by atoms with Crippen molar-refractivity contribution in [3.8, 4) is 11.1 Å². The van der Waals surface area contributed by atoms with Crippen LogP contribution in [-0.4, -0.2) is 6.03 Å². The van der Waals surface area contributed by atoms with Crippen molar-refractivity contribution < 1.29 is 18.0 Å². The van der Waals surface area contributed by atoms with Crippen LogP contribution in [0.25, 0.3) is 11.1 Å². The molecule has 0 fully saturated rings. The topological polar surface area (TPSA) is 81.1 Å². The number of alkyl halides is 3. The number of nitrogen functional groups attached to an aromatic ring is 1. The number of halogens is 3. The van der Waals surface area contributed by atoms with Gasteiger partial charge in [0.25, 0.3) is 0 Å². The smallest absolute Gasteiger partial charge is 0.398 e. The highest BCUT2D eigenvalue weighted by atomic mass is 19.4. The van der Waals surface area contributed by atoms with Gasteiger partial charge < -0.3 is 16.8 Å². The maximum atomic E-state index is 12.5. The molecule has 0 aliphatic carbocycles. The van der Waals surface area contributed by atoms with E-state index >= 15 is 0 Å². The Morgan fingerprint density at radius 3 is 2.19 bits per heavy atom. The molecule has 2 amide bonds. The van der Waals surface area contributed by atoms with E-state index in [4.69, 9.17) is 11.5 Å². The van der Waals surface area contributed by atoms with Crippen LogP contribution in [0.15, 0.2) is 42.5 Å². The lowest BCUT2D eigenvalue weighted by atomic mass is 10.0. The van der Waals surface area contributed by atoms with Gasteiger partial charge in [0.1, 0.15) is 0 Å². The monoisotopic (exact) mass is 295 g/mol. The number of urea groups is 1. The third kappa shape index (κ3) is 3.44. The summed E-state index contributed by atoms with van der Waals surface area (Å²) < 4.78 is 37.6. The molecule has 0 spiro atoms. The van der Waals surface area contributed by atoms with Crippen LogP contribution < -0.4 is 16.8 Å². The minimum atomic E-state index is -4.39. The molecule has 0 saturated heterocycles. The van der Waals surface area contributed by atoms with E-state index in [1.54, 1.807) is 12.1 Å². The van der Waals surface area contributed by atoms with E-state index in [0.29, 0.717) is 22.5 Å². The first-order valence-electron chi connectivity index (χ1n) is 5.91. The lowest BCUT2D eigenvalue weighted by molar-refractivity contribution is -0.137. The van der Waals surface area contributed by atoms with E-state index in [0.717, 1.165) is 12.1 Å². The van der Waals surface area contributed by atoms with Gasteiger partial charge in [-0.05, 0) is 35.9 Å². The molecule has 7 heteroatoms. The predicted octanol–water partition coefficient (Wildman–Crippen LogP) is 3.45. The fourth-order valence-corrected chi connectivity index (χ4v) is 1.87. The summed E-state index contributed by atoms with van der Waals surface area (Å²) in [7, 11) is 0. The van der Waals surface area contributed by atoms with Crippen molar-refractivity contribution in [2.24, 2.45) is 5.73 Å². The fourth-order valence-electron chi connectivity index (χ4n) is 1.87. The zero-order chi connectivity index (χ0) is 15.6. The fraction of sp³-hybridized carbons (Fsp3) is 0.0714. The Hall–Kier alpha value is -2.70. The van der Waals surface area contributed by atoms with Crippen molar-refractivity contribution in [3.63, 3.8) is 0 Å². The van der Waals surface area contributed by atoms with Gasteiger partial charge in [-0.3, -0.25) is 0 Å². The van der Waals surface area contributed by atoms with Crippen LogP contribution in [0, 0.1) is 0 Å². The first-order chi connectivity index (χ1) is 9.77. The van der Waals surface area contributed by atoms with Crippen LogP contribution in [0.3, 0.4) is 0 Å². The van der Waals surface area contributed by atoms with Gasteiger partial charge in [0.2, 0.25) is 0 Å². The highest BCUT2D eigenvalue weighted by Crippen LogP contribution is 2.33. The van der Waals surface area contributed by atoms with Gasteiger partial charge in [0.15, 0.2) is 0 Å². The molecule has 0 atom stereocenters. The molecule has 0 bridgehead atoms. The third-order valence-electron chi connectivity index (χ3n) is 2.84. The van der Waals surface area contributed by atoms with Crippen molar-refractivity contribution in [2.45, 2.75) is 6.18 Å². The number of carbonyl (C=O) groups excluding carboxylic acids is 1. The van der Waals surface area contributed by atoms with E-state index in [1.807, 2.05) is 0 Å². The Morgan fingerprint density at radius 1 is 1.05 bits per heavy atom. The standard InChI is InChI=1S/C14H12F3N3O/c15-14(16,17)9-3-1-8(2-4-9)11-7-10(20-13(19)21)5-6-12(11)18/h1-7H,18H2,(H3,19,20,21). The number of hydrogen-bond acceptors (Lipinski definition) is 2. The van der Waals surface area contributed by atoms with Crippen LogP contribution in [-0.2, 0) is 6.18 Å². The first kappa shape index (κ1) is 14.7. The molecular weight excluding hydrogens is 283 g/mol. The number of nitrogens with two attached hydrogens (primary N) is 2. The highest BCUT2D eigenvalue weighted by molar-refractivity contribution is 5.90. The van der Waals surface area contributed by atoms with E-state index < -0.39 is 17.8 Å². The molecule has 0 heterocycles. The molecule has 5 N–H and O–H groups in total. The molecule has 2 aromatic rings. The van der Waals surface area contributed by atoms with Crippen LogP contribution in [0.4, 0.5) is 29.3 Å². The molecule has 4 nitrogen and oxygen atoms in total. The summed E-state index contributed by atoms with van der Waals surface area (Å²) in [6.07, 6.45) is -4.39. The highest BCUT2D eigenvalue weighted by Gasteiger charge is 2.30. The van der Waals surface area contributed by atoms with E-state index in [-0.39, 0.29) is 0 Å². The number of nitrogens with one attached hydrogen (secondary N) is 1. The number of primary amides is 1. The second-order valence-electron chi connectivity index (χ2n) is 4.37. The Bertz CT molecular complexity index is 666. The summed E-state index contributed by atoms with van der Waals surface area (Å²) >= 11 is 0. The Balaban J connectivity index is 2.39. The van der Waals surface area contributed by atoms with Crippen LogP contribution in [0.1, 0.15) is 5.56 Å². The summed E-state index contributed by atoms with van der Waals surface area (Å²) in [6, 6.07) is 8.49. The van der Waals surface area contributed by atoms with E-state index in [1.165, 1.54) is 18.2 Å². The normalized spacial score (nSPS) is 11.2. The zero-order valence-corrected chi connectivity index (χ0v) is 10.7. The van der Waals surface area contributed by atoms with Gasteiger partial charge in [0.05, 0.1) is 5.56 Å². The van der Waals surface area contributed by atoms with Gasteiger partial charge in [0, 0.05) is 16.9 Å². The van der Waals surface area contributed by atoms with Crippen LogP contribution >= 0.6 is 0 Å². The molecule has 0 aromatic heterocycles. The van der Waals surface area contributed by atoms with E-state index in [9.17, 15) is 18.0 Å². The molecule has 2 rings (SSSR count). The minimum absolute atomic E-state index is 0.379. The molecule has 0 unspecified atom stereocenters. The van der Waals surface area contributed by atoms with Crippen LogP contribution in [0.5, 0.6) is 0 Å². The van der Waals surface area contributed by atoms with Gasteiger partial charge in [-0.1, -0.05) is 12.1 Å². The maximum absolute atomic E-state index is 12.5. The van der Waals surface area contributed by atoms with E-state index in [2.05, 4.69) is 5.32 Å². The third-order valence-corrected chi connectivity index (χ3v) is 2.84. The SMILES string of the molecule is NC(=O)Nc1ccc(N)c(-c2ccc(C(F)(F)F)cc2)c1. The lowest BCUT2D eigenvalue weighted by Gasteiger charge is -2.11. The molecule has 110 valence electrons. The number of hydrogen-bond donors (Lipinski definition) is 3. The van der Waals surface area contributed by atoms with Gasteiger partial charge in [-0.15, -0.1) is 0 Å².